The number of aryl methyl sites for hydroxylation is 1. The van der Waals surface area contributed by atoms with Gasteiger partial charge < -0.3 is 9.47 Å². The normalized spacial score (nSPS) is 12.3. The summed E-state index contributed by atoms with van der Waals surface area (Å²) < 4.78 is 47.9. The molecule has 1 unspecified atom stereocenters. The average Bonchev–Trinajstić information content (AvgIpc) is 3.39. The van der Waals surface area contributed by atoms with E-state index in [1.807, 2.05) is 20.8 Å². The maximum absolute atomic E-state index is 13.6. The monoisotopic (exact) mass is 567 g/mol. The Bertz CT molecular complexity index is 1600. The Morgan fingerprint density at radius 2 is 1.64 bits per heavy atom. The quantitative estimate of drug-likeness (QED) is 0.260. The lowest BCUT2D eigenvalue weighted by Gasteiger charge is -2.21. The van der Waals surface area contributed by atoms with Crippen molar-refractivity contribution in [3.05, 3.63) is 82.9 Å². The van der Waals surface area contributed by atoms with E-state index >= 15 is 0 Å². The Kier molecular flexibility index (Phi) is 8.61. The highest BCUT2D eigenvalue weighted by Crippen LogP contribution is 2.30. The van der Waals surface area contributed by atoms with Gasteiger partial charge in [-0.2, -0.15) is 8.75 Å². The summed E-state index contributed by atoms with van der Waals surface area (Å²) in [5, 5.41) is 0. The zero-order valence-corrected chi connectivity index (χ0v) is 23.6. The van der Waals surface area contributed by atoms with Crippen molar-refractivity contribution in [2.45, 2.75) is 50.5 Å². The van der Waals surface area contributed by atoms with Crippen LogP contribution in [0, 0.1) is 0 Å². The van der Waals surface area contributed by atoms with Crippen LogP contribution >= 0.6 is 11.7 Å². The van der Waals surface area contributed by atoms with Crippen molar-refractivity contribution in [1.29, 1.82) is 0 Å². The largest absolute Gasteiger partial charge is 0.475 e. The van der Waals surface area contributed by atoms with Crippen LogP contribution in [0.2, 0.25) is 0 Å². The van der Waals surface area contributed by atoms with Crippen molar-refractivity contribution in [1.82, 2.24) is 13.5 Å². The van der Waals surface area contributed by atoms with Crippen molar-refractivity contribution in [3.8, 4) is 5.75 Å². The predicted molar refractivity (Wildman–Crippen MR) is 148 cm³/mol. The second kappa shape index (κ2) is 11.9. The molecule has 1 heterocycles. The number of amides is 1. The van der Waals surface area contributed by atoms with Crippen LogP contribution in [0.15, 0.2) is 65.6 Å². The molecule has 204 valence electrons. The Morgan fingerprint density at radius 3 is 2.31 bits per heavy atom. The number of hydrogen-bond donors (Lipinski definition) is 1. The molecule has 0 fully saturated rings. The summed E-state index contributed by atoms with van der Waals surface area (Å²) in [5.41, 5.74) is 3.61. The van der Waals surface area contributed by atoms with Gasteiger partial charge in [-0.15, -0.1) is 0 Å². The third-order valence-electron chi connectivity index (χ3n) is 6.16. The van der Waals surface area contributed by atoms with E-state index in [9.17, 15) is 18.0 Å². The van der Waals surface area contributed by atoms with Gasteiger partial charge in [0, 0.05) is 5.56 Å². The fourth-order valence-corrected chi connectivity index (χ4v) is 5.54. The molecular weight excluding hydrogens is 538 g/mol. The minimum absolute atomic E-state index is 0.0349. The van der Waals surface area contributed by atoms with E-state index in [1.54, 1.807) is 42.5 Å². The van der Waals surface area contributed by atoms with Crippen LogP contribution in [0.25, 0.3) is 11.0 Å². The molecule has 9 nitrogen and oxygen atoms in total. The summed E-state index contributed by atoms with van der Waals surface area (Å²) >= 11 is 1.03. The summed E-state index contributed by atoms with van der Waals surface area (Å²) in [6, 6.07) is 16.2. The van der Waals surface area contributed by atoms with E-state index in [-0.39, 0.29) is 10.8 Å². The van der Waals surface area contributed by atoms with Gasteiger partial charge in [0.15, 0.2) is 0 Å². The smallest absolute Gasteiger partial charge is 0.337 e. The molecule has 0 saturated heterocycles. The van der Waals surface area contributed by atoms with Gasteiger partial charge in [0.05, 0.1) is 29.3 Å². The number of fused-ring (bicyclic) bond motifs is 1. The summed E-state index contributed by atoms with van der Waals surface area (Å²) in [6.45, 7) is 5.98. The number of ether oxygens (including phenoxy) is 2. The molecule has 3 aromatic carbocycles. The zero-order valence-electron chi connectivity index (χ0n) is 22.0. The van der Waals surface area contributed by atoms with Crippen LogP contribution in [0.4, 0.5) is 0 Å². The molecule has 4 rings (SSSR count). The number of methoxy groups -OCH3 is 1. The molecule has 0 saturated carbocycles. The van der Waals surface area contributed by atoms with Crippen molar-refractivity contribution < 1.29 is 27.5 Å². The molecule has 4 aromatic rings. The highest BCUT2D eigenvalue weighted by atomic mass is 32.2. The van der Waals surface area contributed by atoms with Gasteiger partial charge in [-0.1, -0.05) is 45.4 Å². The lowest BCUT2D eigenvalue weighted by Crippen LogP contribution is -2.37. The summed E-state index contributed by atoms with van der Waals surface area (Å²) in [6.07, 6.45) is -0.0283. The molecule has 0 aliphatic heterocycles. The van der Waals surface area contributed by atoms with E-state index in [0.29, 0.717) is 39.9 Å². The van der Waals surface area contributed by atoms with E-state index in [2.05, 4.69) is 13.5 Å². The van der Waals surface area contributed by atoms with E-state index in [1.165, 1.54) is 25.3 Å². The third-order valence-corrected chi connectivity index (χ3v) is 8.08. The van der Waals surface area contributed by atoms with Crippen molar-refractivity contribution in [3.63, 3.8) is 0 Å². The Morgan fingerprint density at radius 1 is 0.949 bits per heavy atom. The van der Waals surface area contributed by atoms with Crippen molar-refractivity contribution in [2.24, 2.45) is 0 Å². The predicted octanol–water partition coefficient (Wildman–Crippen LogP) is 5.18. The van der Waals surface area contributed by atoms with Crippen LogP contribution in [-0.2, 0) is 26.0 Å². The minimum Gasteiger partial charge on any atom is -0.475 e. The average molecular weight is 568 g/mol. The van der Waals surface area contributed by atoms with Gasteiger partial charge in [-0.25, -0.2) is 17.9 Å². The fraction of sp³-hybridized carbons (Fsp3) is 0.286. The minimum atomic E-state index is -4.19. The first kappa shape index (κ1) is 28.2. The van der Waals surface area contributed by atoms with Crippen LogP contribution in [-0.4, -0.2) is 36.2 Å². The summed E-state index contributed by atoms with van der Waals surface area (Å²) in [5.74, 6) is -0.791. The SMILES string of the molecule is CCCc1cc(C(=O)OC)ccc1OC(C(=O)NS(=O)(=O)c1ccc(C(C)C)cc1)c1ccc2nsnc2c1. The molecule has 0 spiro atoms. The lowest BCUT2D eigenvalue weighted by atomic mass is 10.0. The Balaban J connectivity index is 1.71. The number of nitrogens with zero attached hydrogens (tertiary/aromatic N) is 2. The molecule has 39 heavy (non-hydrogen) atoms. The number of hydrogen-bond acceptors (Lipinski definition) is 9. The maximum Gasteiger partial charge on any atom is 0.337 e. The first-order chi connectivity index (χ1) is 18.6. The number of carbonyl (C=O) groups excluding carboxylic acids is 2. The number of rotatable bonds is 10. The first-order valence-electron chi connectivity index (χ1n) is 12.4. The number of benzene rings is 3. The van der Waals surface area contributed by atoms with Gasteiger partial charge in [0.25, 0.3) is 15.9 Å². The summed E-state index contributed by atoms with van der Waals surface area (Å²) in [4.78, 5) is 25.6. The van der Waals surface area contributed by atoms with Crippen LogP contribution in [0.5, 0.6) is 5.75 Å². The van der Waals surface area contributed by atoms with E-state index in [0.717, 1.165) is 23.7 Å². The van der Waals surface area contributed by atoms with Crippen LogP contribution in [0.1, 0.15) is 66.3 Å². The highest BCUT2D eigenvalue weighted by Gasteiger charge is 2.29. The van der Waals surface area contributed by atoms with Gasteiger partial charge in [0.2, 0.25) is 6.10 Å². The lowest BCUT2D eigenvalue weighted by molar-refractivity contribution is -0.126. The van der Waals surface area contributed by atoms with Gasteiger partial charge in [0.1, 0.15) is 16.8 Å². The van der Waals surface area contributed by atoms with E-state index < -0.39 is 28.0 Å². The second-order valence-corrected chi connectivity index (χ2v) is 11.5. The maximum atomic E-state index is 13.6. The molecule has 11 heteroatoms. The zero-order chi connectivity index (χ0) is 28.2. The van der Waals surface area contributed by atoms with Crippen LogP contribution < -0.4 is 9.46 Å². The highest BCUT2D eigenvalue weighted by molar-refractivity contribution is 7.90. The molecule has 1 atom stereocenters. The second-order valence-electron chi connectivity index (χ2n) is 9.27. The standard InChI is InChI=1S/C28H29N3O6S2/c1-5-6-19-15-21(28(33)36-4)10-14-25(19)37-26(20-9-13-23-24(16-20)30-38-29-23)27(32)31-39(34,35)22-11-7-18(8-12-22)17(2)3/h7-17,26H,5-6H2,1-4H3,(H,31,32). The molecule has 0 radical (unpaired) electrons. The molecule has 0 aliphatic rings. The van der Waals surface area contributed by atoms with Crippen molar-refractivity contribution >= 4 is 44.7 Å². The van der Waals surface area contributed by atoms with E-state index in [4.69, 9.17) is 9.47 Å². The molecule has 0 aliphatic carbocycles. The van der Waals surface area contributed by atoms with Gasteiger partial charge in [-0.05, 0) is 65.9 Å². The number of carbonyl (C=O) groups is 2. The van der Waals surface area contributed by atoms with Gasteiger partial charge in [-0.3, -0.25) is 4.79 Å². The number of sulfonamides is 1. The number of nitrogens with one attached hydrogen (secondary N) is 1. The summed E-state index contributed by atoms with van der Waals surface area (Å²) in [7, 11) is -2.89. The third kappa shape index (κ3) is 6.43. The molecule has 1 aromatic heterocycles. The molecular formula is C28H29N3O6S2. The molecule has 1 amide bonds. The molecule has 0 bridgehead atoms. The Hall–Kier alpha value is -3.83. The molecule has 1 N–H and O–H groups in total. The van der Waals surface area contributed by atoms with Gasteiger partial charge >= 0.3 is 5.97 Å². The first-order valence-corrected chi connectivity index (χ1v) is 14.6. The number of esters is 1. The van der Waals surface area contributed by atoms with Crippen molar-refractivity contribution in [2.75, 3.05) is 7.11 Å². The topological polar surface area (TPSA) is 125 Å². The number of aromatic nitrogens is 2. The van der Waals surface area contributed by atoms with Crippen LogP contribution in [0.3, 0.4) is 0 Å². The fourth-order valence-electron chi connectivity index (χ4n) is 4.04. The Labute approximate surface area is 231 Å².